The predicted molar refractivity (Wildman–Crippen MR) is 260 cm³/mol. The first-order chi connectivity index (χ1) is 35.1. The molecular weight excluding hydrogens is 1240 g/mol. The number of phenols is 2. The second-order valence-corrected chi connectivity index (χ2v) is 20.2. The van der Waals surface area contributed by atoms with Crippen LogP contribution in [0.3, 0.4) is 0 Å². The molecule has 0 bridgehead atoms. The van der Waals surface area contributed by atoms with Gasteiger partial charge in [-0.1, -0.05) is 52.5 Å². The number of hydrogen-bond acceptors (Lipinski definition) is 24. The van der Waals surface area contributed by atoms with Crippen molar-refractivity contribution in [3.8, 4) is 23.0 Å². The molecular formula is C42H24Cl4N6Na4O18S4. The first-order valence-corrected chi connectivity index (χ1v) is 25.4. The number of phenolic OH excluding ortho intramolecular Hbond substituents is 2. The number of anilines is 2. The Bertz CT molecular complexity index is 3750. The summed E-state index contributed by atoms with van der Waals surface area (Å²) in [4.78, 5) is 24.6. The summed E-state index contributed by atoms with van der Waals surface area (Å²) in [7, 11) is -8.39. The van der Waals surface area contributed by atoms with E-state index in [0.717, 1.165) is 43.5 Å². The summed E-state index contributed by atoms with van der Waals surface area (Å²) >= 11 is 24.9. The van der Waals surface area contributed by atoms with Crippen LogP contribution in [0.15, 0.2) is 125 Å². The molecule has 0 fully saturated rings. The monoisotopic (exact) mass is 1260 g/mol. The van der Waals surface area contributed by atoms with Gasteiger partial charge in [0, 0.05) is 33.4 Å². The van der Waals surface area contributed by atoms with Crippen LogP contribution in [0, 0.1) is 0 Å². The number of halogens is 4. The summed E-state index contributed by atoms with van der Waals surface area (Å²) in [6.07, 6.45) is 0. The van der Waals surface area contributed by atoms with Gasteiger partial charge in [0.2, 0.25) is 0 Å². The van der Waals surface area contributed by atoms with Crippen molar-refractivity contribution in [2.45, 2.75) is 19.6 Å². The van der Waals surface area contributed by atoms with Gasteiger partial charge in [-0.2, -0.15) is 8.67 Å². The fourth-order valence-electron chi connectivity index (χ4n) is 6.79. The van der Waals surface area contributed by atoms with Gasteiger partial charge in [0.1, 0.15) is 54.5 Å². The van der Waals surface area contributed by atoms with Crippen LogP contribution < -0.4 is 149 Å². The second-order valence-electron chi connectivity index (χ2n) is 14.4. The number of rotatable bonds is 18. The first-order valence-electron chi connectivity index (χ1n) is 19.5. The van der Waals surface area contributed by atoms with Crippen molar-refractivity contribution in [1.82, 2.24) is 0 Å². The second kappa shape index (κ2) is 30.4. The molecule has 78 heavy (non-hydrogen) atoms. The van der Waals surface area contributed by atoms with Gasteiger partial charge in [-0.25, -0.2) is 16.8 Å². The minimum absolute atomic E-state index is 0. The first kappa shape index (κ1) is 70.1. The molecule has 0 spiro atoms. The van der Waals surface area contributed by atoms with E-state index < -0.39 is 70.4 Å². The van der Waals surface area contributed by atoms with E-state index in [1.54, 1.807) is 0 Å². The molecule has 0 heterocycles. The molecule has 0 saturated heterocycles. The van der Waals surface area contributed by atoms with E-state index in [2.05, 4.69) is 49.8 Å². The Morgan fingerprint density at radius 1 is 0.603 bits per heavy atom. The summed E-state index contributed by atoms with van der Waals surface area (Å²) < 4.78 is 94.7. The number of carbonyl (C=O) groups excluding carboxylic acids is 2. The minimum Gasteiger partial charge on any atom is -0.744 e. The normalized spacial score (nSPS) is 11.4. The molecule has 7 aromatic carbocycles. The number of benzene rings is 7. The maximum atomic E-state index is 13.5. The van der Waals surface area contributed by atoms with Crippen LogP contribution in [0.25, 0.3) is 21.5 Å². The molecule has 4 N–H and O–H groups in total. The molecule has 7 rings (SSSR count). The number of nitrogens with one attached hydrogen (secondary N) is 2. The van der Waals surface area contributed by atoms with Crippen molar-refractivity contribution in [3.05, 3.63) is 116 Å². The van der Waals surface area contributed by atoms with Crippen molar-refractivity contribution in [2.75, 3.05) is 24.9 Å². The standard InChI is InChI=1S/C42H28Cl4N6O18S4.4Na/c1-65-30-16-27(50-52-38-33(74(62,63)64)12-18-8-20(71-69-67-57)13-28(34(18)40(38)54)48-42(56)22-4-3-5-24(44)36(22)46)31(66-2)15-26(30)49-51-37-32(72-70-68-58)11-19-9-21(73(59,60)61)14-29(35(19)39(37)53)47-41(55)17-6-7-23(43)25(45)10-17;;;;/h3-16,53-54,57-58H,1-2H3,(H,47,55)(H,48,56)(H,59,60,61)(H,62,63,64);;;;/q;4*+1/p-4. The molecule has 0 unspecified atom stereocenters. The molecule has 24 nitrogen and oxygen atoms in total. The van der Waals surface area contributed by atoms with E-state index in [1.165, 1.54) is 55.6 Å². The number of azo groups is 2. The largest absolute Gasteiger partial charge is 1.00 e. The van der Waals surface area contributed by atoms with E-state index in [-0.39, 0.29) is 221 Å². The molecule has 0 aromatic heterocycles. The Morgan fingerprint density at radius 3 is 1.72 bits per heavy atom. The van der Waals surface area contributed by atoms with Gasteiger partial charge in [-0.05, 0) is 77.5 Å². The number of methoxy groups -OCH3 is 2. The third kappa shape index (κ3) is 16.3. The third-order valence-electron chi connectivity index (χ3n) is 9.98. The van der Waals surface area contributed by atoms with Crippen LogP contribution in [-0.4, -0.2) is 62.2 Å². The van der Waals surface area contributed by atoms with Gasteiger partial charge in [0.15, 0.2) is 11.5 Å². The van der Waals surface area contributed by atoms with Crippen molar-refractivity contribution in [3.63, 3.8) is 0 Å². The van der Waals surface area contributed by atoms with Crippen LogP contribution in [0.2, 0.25) is 20.1 Å². The molecule has 36 heteroatoms. The predicted octanol–water partition coefficient (Wildman–Crippen LogP) is -2.34. The zero-order valence-electron chi connectivity index (χ0n) is 40.4. The summed E-state index contributed by atoms with van der Waals surface area (Å²) in [6, 6.07) is 16.2. The van der Waals surface area contributed by atoms with E-state index in [4.69, 9.17) is 55.9 Å². The molecule has 2 amide bonds. The van der Waals surface area contributed by atoms with E-state index in [9.17, 15) is 56.3 Å². The number of hydrogen-bond donors (Lipinski definition) is 4. The number of fused-ring (bicyclic) bond motifs is 2. The van der Waals surface area contributed by atoms with Gasteiger partial charge < -0.3 is 49.9 Å². The topological polar surface area (TPSA) is 364 Å². The Morgan fingerprint density at radius 2 is 1.15 bits per heavy atom. The fraction of sp³-hybridized carbons (Fsp3) is 0.0476. The maximum absolute atomic E-state index is 13.5. The molecule has 386 valence electrons. The van der Waals surface area contributed by atoms with E-state index in [1.807, 2.05) is 0 Å². The van der Waals surface area contributed by atoms with E-state index >= 15 is 0 Å². The molecule has 7 aromatic rings. The van der Waals surface area contributed by atoms with Crippen molar-refractivity contribution in [1.29, 1.82) is 0 Å². The zero-order valence-corrected chi connectivity index (χ0v) is 54.7. The van der Waals surface area contributed by atoms with Crippen molar-refractivity contribution in [2.24, 2.45) is 20.5 Å². The van der Waals surface area contributed by atoms with Gasteiger partial charge >= 0.3 is 118 Å². The molecule has 0 aliphatic carbocycles. The van der Waals surface area contributed by atoms with E-state index in [0.29, 0.717) is 12.0 Å². The van der Waals surface area contributed by atoms with Crippen molar-refractivity contribution < 1.29 is 203 Å². The Labute approximate surface area is 557 Å². The Balaban J connectivity index is 0.00000400. The number of aromatic hydroxyl groups is 2. The average Bonchev–Trinajstić information content (AvgIpc) is 3.36. The summed E-state index contributed by atoms with van der Waals surface area (Å²) in [5.74, 6) is -3.99. The number of carbonyl (C=O) groups is 2. The zero-order chi connectivity index (χ0) is 53.8. The summed E-state index contributed by atoms with van der Waals surface area (Å²) in [5.41, 5.74) is -2.78. The molecule has 0 aliphatic rings. The maximum Gasteiger partial charge on any atom is 1.00 e. The molecule has 0 radical (unpaired) electrons. The van der Waals surface area contributed by atoms with Crippen LogP contribution in [0.1, 0.15) is 20.7 Å². The Hall–Kier alpha value is -2.16. The average molecular weight is 1260 g/mol. The van der Waals surface area contributed by atoms with Crippen LogP contribution >= 0.6 is 70.5 Å². The summed E-state index contributed by atoms with van der Waals surface area (Å²) in [5, 5.41) is 72.0. The minimum atomic E-state index is -5.51. The van der Waals surface area contributed by atoms with Crippen LogP contribution in [-0.2, 0) is 39.0 Å². The van der Waals surface area contributed by atoms with Gasteiger partial charge in [-0.15, -0.1) is 20.5 Å². The number of nitrogens with zero attached hydrogens (tertiary/aromatic N) is 4. The van der Waals surface area contributed by atoms with Crippen LogP contribution in [0.4, 0.5) is 34.1 Å². The smallest absolute Gasteiger partial charge is 0.744 e. The van der Waals surface area contributed by atoms with Gasteiger partial charge in [-0.3, -0.25) is 19.7 Å². The van der Waals surface area contributed by atoms with Gasteiger partial charge in [0.05, 0.1) is 90.0 Å². The molecule has 0 atom stereocenters. The van der Waals surface area contributed by atoms with Crippen LogP contribution in [0.5, 0.6) is 23.0 Å². The van der Waals surface area contributed by atoms with Gasteiger partial charge in [0.25, 0.3) is 11.8 Å². The van der Waals surface area contributed by atoms with Crippen molar-refractivity contribution >= 4 is 158 Å². The third-order valence-corrected chi connectivity index (χ3v) is 14.4. The number of amides is 2. The molecule has 0 saturated carbocycles. The SMILES string of the molecule is COc1cc(N=Nc2c(S(=O)(=O)[O-])cc3cc(SOO[O-])cc(NC(=O)c4cccc(Cl)c4Cl)c3c2O)c(OC)cc1N=Nc1c(SOO[O-])cc2cc(S(=O)(=O)[O-])cc(NC(=O)c3ccc(Cl)c(Cl)c3)c2c1O.[Na+].[Na+].[Na+].[Na+]. The molecule has 0 aliphatic heterocycles. The fourth-order valence-corrected chi connectivity index (χ4v) is 9.59. The summed E-state index contributed by atoms with van der Waals surface area (Å²) in [6.45, 7) is 0. The number of ether oxygens (including phenoxy) is 2. The Kier molecular flexibility index (Phi) is 27.3. The quantitative estimate of drug-likeness (QED) is 0.0175.